The van der Waals surface area contributed by atoms with Crippen LogP contribution in [0.2, 0.25) is 0 Å². The summed E-state index contributed by atoms with van der Waals surface area (Å²) >= 11 is 0. The Balaban J connectivity index is 1.54. The van der Waals surface area contributed by atoms with Crippen LogP contribution in [0.25, 0.3) is 0 Å². The van der Waals surface area contributed by atoms with E-state index in [1.807, 2.05) is 6.92 Å². The van der Waals surface area contributed by atoms with Crippen LogP contribution in [0.5, 0.6) is 17.2 Å². The third kappa shape index (κ3) is 3.59. The number of amides is 4. The summed E-state index contributed by atoms with van der Waals surface area (Å²) in [6.07, 6.45) is 0.330. The van der Waals surface area contributed by atoms with Crippen LogP contribution in [0.4, 0.5) is 10.5 Å². The zero-order chi connectivity index (χ0) is 22.9. The fourth-order valence-corrected chi connectivity index (χ4v) is 3.95. The van der Waals surface area contributed by atoms with Gasteiger partial charge in [0.05, 0.1) is 7.11 Å². The van der Waals surface area contributed by atoms with Gasteiger partial charge in [-0.15, -0.1) is 0 Å². The SMILES string of the molecule is CC[C@]1(c2ccc(OC)cc2)NC(=O)N([C@H](C)C(=O)Nc2ccc3c(c2)OCCO3)C1=O. The Morgan fingerprint density at radius 3 is 2.50 bits per heavy atom. The third-order valence-corrected chi connectivity index (χ3v) is 5.81. The second-order valence-electron chi connectivity index (χ2n) is 7.62. The lowest BCUT2D eigenvalue weighted by Crippen LogP contribution is -2.47. The number of benzene rings is 2. The molecule has 168 valence electrons. The molecule has 32 heavy (non-hydrogen) atoms. The Bertz CT molecular complexity index is 1050. The van der Waals surface area contributed by atoms with E-state index in [9.17, 15) is 14.4 Å². The fourth-order valence-electron chi connectivity index (χ4n) is 3.95. The van der Waals surface area contributed by atoms with Gasteiger partial charge in [0.25, 0.3) is 5.91 Å². The van der Waals surface area contributed by atoms with Crippen molar-refractivity contribution in [3.63, 3.8) is 0 Å². The van der Waals surface area contributed by atoms with Gasteiger partial charge >= 0.3 is 6.03 Å². The van der Waals surface area contributed by atoms with E-state index in [-0.39, 0.29) is 0 Å². The Morgan fingerprint density at radius 2 is 1.84 bits per heavy atom. The molecule has 2 N–H and O–H groups in total. The Kier molecular flexibility index (Phi) is 5.65. The number of carbonyl (C=O) groups excluding carboxylic acids is 3. The molecule has 0 saturated carbocycles. The molecule has 2 aromatic rings. The van der Waals surface area contributed by atoms with E-state index in [0.29, 0.717) is 48.1 Å². The molecule has 2 aliphatic rings. The molecule has 9 heteroatoms. The molecule has 0 spiro atoms. The highest BCUT2D eigenvalue weighted by Gasteiger charge is 2.53. The van der Waals surface area contributed by atoms with Crippen molar-refractivity contribution < 1.29 is 28.6 Å². The van der Waals surface area contributed by atoms with Gasteiger partial charge in [-0.3, -0.25) is 9.59 Å². The van der Waals surface area contributed by atoms with Crippen LogP contribution < -0.4 is 24.8 Å². The number of methoxy groups -OCH3 is 1. The molecular weight excluding hydrogens is 414 g/mol. The number of rotatable bonds is 6. The minimum absolute atomic E-state index is 0.330. The summed E-state index contributed by atoms with van der Waals surface area (Å²) in [6.45, 7) is 4.22. The molecule has 9 nitrogen and oxygen atoms in total. The third-order valence-electron chi connectivity index (χ3n) is 5.81. The van der Waals surface area contributed by atoms with Gasteiger partial charge in [0.15, 0.2) is 11.5 Å². The van der Waals surface area contributed by atoms with Crippen LogP contribution in [0.3, 0.4) is 0 Å². The maximum atomic E-state index is 13.4. The van der Waals surface area contributed by atoms with Crippen molar-refractivity contribution in [1.29, 1.82) is 0 Å². The molecule has 0 radical (unpaired) electrons. The van der Waals surface area contributed by atoms with E-state index in [1.54, 1.807) is 49.6 Å². The number of fused-ring (bicyclic) bond motifs is 1. The zero-order valence-electron chi connectivity index (χ0n) is 18.1. The number of anilines is 1. The summed E-state index contributed by atoms with van der Waals surface area (Å²) in [7, 11) is 1.55. The Morgan fingerprint density at radius 1 is 1.16 bits per heavy atom. The number of urea groups is 1. The minimum Gasteiger partial charge on any atom is -0.497 e. The molecule has 0 unspecified atom stereocenters. The number of ether oxygens (including phenoxy) is 3. The molecular formula is C23H25N3O6. The summed E-state index contributed by atoms with van der Waals surface area (Å²) < 4.78 is 16.2. The first-order valence-electron chi connectivity index (χ1n) is 10.4. The van der Waals surface area contributed by atoms with E-state index in [4.69, 9.17) is 14.2 Å². The van der Waals surface area contributed by atoms with Gasteiger partial charge in [-0.1, -0.05) is 19.1 Å². The average molecular weight is 439 g/mol. The van der Waals surface area contributed by atoms with Crippen molar-refractivity contribution in [3.8, 4) is 17.2 Å². The number of imide groups is 1. The summed E-state index contributed by atoms with van der Waals surface area (Å²) in [4.78, 5) is 40.1. The molecule has 2 atom stereocenters. The summed E-state index contributed by atoms with van der Waals surface area (Å²) in [6, 6.07) is 10.3. The lowest BCUT2D eigenvalue weighted by molar-refractivity contribution is -0.136. The highest BCUT2D eigenvalue weighted by Crippen LogP contribution is 2.35. The van der Waals surface area contributed by atoms with Gasteiger partial charge in [-0.2, -0.15) is 0 Å². The van der Waals surface area contributed by atoms with Crippen molar-refractivity contribution in [1.82, 2.24) is 10.2 Å². The standard InChI is InChI=1S/C23H25N3O6/c1-4-23(15-5-8-17(30-3)9-6-15)21(28)26(22(29)25-23)14(2)20(27)24-16-7-10-18-19(13-16)32-12-11-31-18/h5-10,13-14H,4,11-12H2,1-3H3,(H,24,27)(H,25,29)/t14-,23-/m1/s1. The van der Waals surface area contributed by atoms with Crippen LogP contribution in [0.15, 0.2) is 42.5 Å². The van der Waals surface area contributed by atoms with Crippen LogP contribution in [-0.4, -0.2) is 49.1 Å². The highest BCUT2D eigenvalue weighted by molar-refractivity contribution is 6.11. The number of hydrogen-bond acceptors (Lipinski definition) is 6. The van der Waals surface area contributed by atoms with Crippen LogP contribution >= 0.6 is 0 Å². The van der Waals surface area contributed by atoms with Crippen molar-refractivity contribution in [2.24, 2.45) is 0 Å². The smallest absolute Gasteiger partial charge is 0.326 e. The van der Waals surface area contributed by atoms with Gasteiger partial charge in [0, 0.05) is 11.8 Å². The van der Waals surface area contributed by atoms with Crippen LogP contribution in [-0.2, 0) is 15.1 Å². The predicted molar refractivity (Wildman–Crippen MR) is 116 cm³/mol. The first-order valence-corrected chi connectivity index (χ1v) is 10.4. The molecule has 1 saturated heterocycles. The number of hydrogen-bond donors (Lipinski definition) is 2. The topological polar surface area (TPSA) is 106 Å². The zero-order valence-corrected chi connectivity index (χ0v) is 18.1. The lowest BCUT2D eigenvalue weighted by Gasteiger charge is -2.27. The van der Waals surface area contributed by atoms with Gasteiger partial charge in [0.1, 0.15) is 30.5 Å². The lowest BCUT2D eigenvalue weighted by atomic mass is 9.87. The average Bonchev–Trinajstić information content (AvgIpc) is 3.08. The quantitative estimate of drug-likeness (QED) is 0.671. The fraction of sp³-hybridized carbons (Fsp3) is 0.348. The van der Waals surface area contributed by atoms with Crippen molar-refractivity contribution in [3.05, 3.63) is 48.0 Å². The van der Waals surface area contributed by atoms with Gasteiger partial charge in [0.2, 0.25) is 5.91 Å². The van der Waals surface area contributed by atoms with Crippen LogP contribution in [0, 0.1) is 0 Å². The van der Waals surface area contributed by atoms with Crippen molar-refractivity contribution in [2.75, 3.05) is 25.6 Å². The van der Waals surface area contributed by atoms with Crippen LogP contribution in [0.1, 0.15) is 25.8 Å². The molecule has 2 aliphatic heterocycles. The Hall–Kier alpha value is -3.75. The minimum atomic E-state index is -1.24. The molecule has 0 bridgehead atoms. The molecule has 1 fully saturated rings. The van der Waals surface area contributed by atoms with Gasteiger partial charge < -0.3 is 24.8 Å². The second-order valence-corrected chi connectivity index (χ2v) is 7.62. The van der Waals surface area contributed by atoms with E-state index < -0.39 is 29.4 Å². The summed E-state index contributed by atoms with van der Waals surface area (Å²) in [5.41, 5.74) is -0.134. The molecule has 0 aromatic heterocycles. The maximum Gasteiger partial charge on any atom is 0.326 e. The molecule has 2 aromatic carbocycles. The van der Waals surface area contributed by atoms with E-state index in [0.717, 1.165) is 4.90 Å². The molecule has 0 aliphatic carbocycles. The molecule has 2 heterocycles. The van der Waals surface area contributed by atoms with Crippen molar-refractivity contribution in [2.45, 2.75) is 31.8 Å². The summed E-state index contributed by atoms with van der Waals surface area (Å²) in [5, 5.41) is 5.54. The number of carbonyl (C=O) groups is 3. The second kappa shape index (κ2) is 8.41. The predicted octanol–water partition coefficient (Wildman–Crippen LogP) is 2.65. The van der Waals surface area contributed by atoms with E-state index in [1.165, 1.54) is 6.92 Å². The molecule has 4 rings (SSSR count). The Labute approximate surface area is 185 Å². The van der Waals surface area contributed by atoms with Gasteiger partial charge in [-0.05, 0) is 43.2 Å². The monoisotopic (exact) mass is 439 g/mol. The molecule has 4 amide bonds. The largest absolute Gasteiger partial charge is 0.497 e. The number of nitrogens with one attached hydrogen (secondary N) is 2. The summed E-state index contributed by atoms with van der Waals surface area (Å²) in [5.74, 6) is 0.803. The van der Waals surface area contributed by atoms with E-state index >= 15 is 0 Å². The highest BCUT2D eigenvalue weighted by atomic mass is 16.6. The van der Waals surface area contributed by atoms with Gasteiger partial charge in [-0.25, -0.2) is 9.69 Å². The van der Waals surface area contributed by atoms with Crippen molar-refractivity contribution >= 4 is 23.5 Å². The maximum absolute atomic E-state index is 13.4. The first-order chi connectivity index (χ1) is 15.4. The first kappa shape index (κ1) is 21.5. The normalized spacial score (nSPS) is 20.5. The number of nitrogens with zero attached hydrogens (tertiary/aromatic N) is 1. The van der Waals surface area contributed by atoms with E-state index in [2.05, 4.69) is 10.6 Å².